The van der Waals surface area contributed by atoms with Crippen molar-refractivity contribution in [2.75, 3.05) is 52.7 Å². The van der Waals surface area contributed by atoms with E-state index in [2.05, 4.69) is 22.1 Å². The first-order valence-corrected chi connectivity index (χ1v) is 12.1. The predicted octanol–water partition coefficient (Wildman–Crippen LogP) is 2.52. The van der Waals surface area contributed by atoms with Crippen LogP contribution in [-0.4, -0.2) is 96.3 Å². The number of aliphatic hydroxyl groups excluding tert-OH is 1. The predicted molar refractivity (Wildman–Crippen MR) is 139 cm³/mol. The van der Waals surface area contributed by atoms with E-state index >= 15 is 0 Å². The molecule has 2 aromatic rings. The molecular weight excluding hydrogens is 477 g/mol. The van der Waals surface area contributed by atoms with Gasteiger partial charge in [0.2, 0.25) is 5.88 Å². The molecule has 0 unspecified atom stereocenters. The first kappa shape index (κ1) is 27.9. The Kier molecular flexibility index (Phi) is 9.44. The minimum Gasteiger partial charge on any atom is -0.472 e. The van der Waals surface area contributed by atoms with Crippen LogP contribution in [-0.2, 0) is 0 Å². The molecule has 0 spiro atoms. The largest absolute Gasteiger partial charge is 0.472 e. The summed E-state index contributed by atoms with van der Waals surface area (Å²) in [5, 5.41) is 12.5. The summed E-state index contributed by atoms with van der Waals surface area (Å²) < 4.78 is 19.7. The Morgan fingerprint density at radius 1 is 1.35 bits per heavy atom. The van der Waals surface area contributed by atoms with Gasteiger partial charge in [-0.05, 0) is 45.3 Å². The third kappa shape index (κ3) is 7.41. The van der Waals surface area contributed by atoms with E-state index in [9.17, 15) is 19.1 Å². The summed E-state index contributed by atoms with van der Waals surface area (Å²) in [6.45, 7) is 4.53. The normalized spacial score (nSPS) is 18.1. The number of aromatic nitrogens is 1. The van der Waals surface area contributed by atoms with Crippen LogP contribution < -0.4 is 10.1 Å². The average Bonchev–Trinajstić information content (AvgIpc) is 2.85. The van der Waals surface area contributed by atoms with Crippen molar-refractivity contribution in [2.45, 2.75) is 26.0 Å². The van der Waals surface area contributed by atoms with Gasteiger partial charge in [0, 0.05) is 37.0 Å². The maximum absolute atomic E-state index is 13.5. The van der Waals surface area contributed by atoms with Crippen molar-refractivity contribution in [1.82, 2.24) is 19.7 Å². The lowest BCUT2D eigenvalue weighted by Gasteiger charge is -2.37. The number of amides is 3. The van der Waals surface area contributed by atoms with Crippen molar-refractivity contribution in [1.29, 1.82) is 0 Å². The van der Waals surface area contributed by atoms with Crippen molar-refractivity contribution in [3.8, 4) is 17.7 Å². The maximum Gasteiger partial charge on any atom is 0.321 e. The molecule has 3 amide bonds. The molecule has 1 aliphatic heterocycles. The zero-order valence-corrected chi connectivity index (χ0v) is 21.9. The minimum atomic E-state index is -0.512. The molecule has 198 valence electrons. The molecule has 9 nitrogen and oxygen atoms in total. The highest BCUT2D eigenvalue weighted by molar-refractivity contribution is 5.97. The molecule has 3 atom stereocenters. The highest BCUT2D eigenvalue weighted by Crippen LogP contribution is 2.27. The van der Waals surface area contributed by atoms with E-state index in [4.69, 9.17) is 4.74 Å². The number of hydrogen-bond donors (Lipinski definition) is 2. The number of anilines is 1. The van der Waals surface area contributed by atoms with Gasteiger partial charge in [-0.15, -0.1) is 0 Å². The molecule has 0 fully saturated rings. The van der Waals surface area contributed by atoms with E-state index in [1.807, 2.05) is 25.9 Å². The van der Waals surface area contributed by atoms with E-state index in [1.165, 1.54) is 23.1 Å². The number of nitrogens with zero attached hydrogens (tertiary/aromatic N) is 4. The van der Waals surface area contributed by atoms with Crippen LogP contribution in [0.3, 0.4) is 0 Å². The van der Waals surface area contributed by atoms with E-state index < -0.39 is 24.0 Å². The summed E-state index contributed by atoms with van der Waals surface area (Å²) in [5.74, 6) is 5.24. The number of hydrogen-bond acceptors (Lipinski definition) is 6. The first-order valence-electron chi connectivity index (χ1n) is 12.1. The molecule has 1 aromatic carbocycles. The monoisotopic (exact) mass is 511 g/mol. The fourth-order valence-corrected chi connectivity index (χ4v) is 3.83. The molecule has 1 aromatic heterocycles. The summed E-state index contributed by atoms with van der Waals surface area (Å²) in [4.78, 5) is 35.6. The number of likely N-dealkylation sites (N-methyl/N-ethyl adjacent to an activating group) is 1. The van der Waals surface area contributed by atoms with Gasteiger partial charge in [-0.2, -0.15) is 0 Å². The van der Waals surface area contributed by atoms with Gasteiger partial charge in [-0.3, -0.25) is 9.69 Å². The van der Waals surface area contributed by atoms with Crippen molar-refractivity contribution in [2.24, 2.45) is 5.92 Å². The molecule has 37 heavy (non-hydrogen) atoms. The van der Waals surface area contributed by atoms with Crippen molar-refractivity contribution < 1.29 is 23.8 Å². The molecular formula is C27H34FN5O4. The fourth-order valence-electron chi connectivity index (χ4n) is 3.83. The number of carbonyl (C=O) groups is 2. The Bertz CT molecular complexity index is 1180. The van der Waals surface area contributed by atoms with Crippen LogP contribution in [0.2, 0.25) is 0 Å². The van der Waals surface area contributed by atoms with E-state index in [1.54, 1.807) is 37.2 Å². The van der Waals surface area contributed by atoms with Crippen LogP contribution in [0.4, 0.5) is 14.9 Å². The standard InChI is InChI=1S/C27H34FN5O4/c1-18-15-33(19(2)17-34)26(35)23-12-20(8-7-11-31(3)4)14-29-25(23)37-24(18)16-32(5)27(36)30-22-10-6-9-21(28)13-22/h6,9-10,12-14,18-19,24,34H,11,15-17H2,1-5H3,(H,30,36)/t18-,19+,24-/m0/s1. The lowest BCUT2D eigenvalue weighted by molar-refractivity contribution is 0.0356. The number of ether oxygens (including phenoxy) is 1. The van der Waals surface area contributed by atoms with Crippen molar-refractivity contribution in [3.05, 3.63) is 53.5 Å². The molecule has 0 saturated heterocycles. The lowest BCUT2D eigenvalue weighted by atomic mass is 10.00. The molecule has 0 saturated carbocycles. The van der Waals surface area contributed by atoms with Gasteiger partial charge >= 0.3 is 6.03 Å². The number of pyridine rings is 1. The molecule has 3 rings (SSSR count). The molecule has 0 radical (unpaired) electrons. The van der Waals surface area contributed by atoms with Gasteiger partial charge < -0.3 is 25.0 Å². The number of nitrogens with one attached hydrogen (secondary N) is 1. The van der Waals surface area contributed by atoms with Crippen LogP contribution in [0.25, 0.3) is 0 Å². The summed E-state index contributed by atoms with van der Waals surface area (Å²) in [7, 11) is 5.44. The number of aliphatic hydroxyl groups is 1. The zero-order chi connectivity index (χ0) is 27.1. The summed E-state index contributed by atoms with van der Waals surface area (Å²) >= 11 is 0. The van der Waals surface area contributed by atoms with Crippen LogP contribution in [0.5, 0.6) is 5.88 Å². The molecule has 1 aliphatic rings. The van der Waals surface area contributed by atoms with Gasteiger partial charge in [-0.25, -0.2) is 14.2 Å². The zero-order valence-electron chi connectivity index (χ0n) is 21.9. The van der Waals surface area contributed by atoms with Gasteiger partial charge in [0.25, 0.3) is 5.91 Å². The van der Waals surface area contributed by atoms with Gasteiger partial charge in [-0.1, -0.05) is 24.8 Å². The second-order valence-corrected chi connectivity index (χ2v) is 9.56. The molecule has 10 heteroatoms. The van der Waals surface area contributed by atoms with Crippen LogP contribution in [0, 0.1) is 23.6 Å². The number of fused-ring (bicyclic) bond motifs is 1. The van der Waals surface area contributed by atoms with Gasteiger partial charge in [0.15, 0.2) is 0 Å². The SMILES string of the molecule is C[C@H](CO)N1C[C@H](C)[C@H](CN(C)C(=O)Nc2cccc(F)c2)Oc2ncc(C#CCN(C)C)cc2C1=O. The quantitative estimate of drug-likeness (QED) is 0.579. The summed E-state index contributed by atoms with van der Waals surface area (Å²) in [6, 6.07) is 6.44. The van der Waals surface area contributed by atoms with E-state index in [-0.39, 0.29) is 36.4 Å². The highest BCUT2D eigenvalue weighted by Gasteiger charge is 2.34. The molecule has 2 heterocycles. The number of rotatable bonds is 6. The minimum absolute atomic E-state index is 0.147. The number of halogens is 1. The fraction of sp³-hybridized carbons (Fsp3) is 0.444. The third-order valence-corrected chi connectivity index (χ3v) is 6.03. The molecule has 2 N–H and O–H groups in total. The van der Waals surface area contributed by atoms with E-state index in [0.29, 0.717) is 24.3 Å². The van der Waals surface area contributed by atoms with Gasteiger partial charge in [0.05, 0.1) is 25.7 Å². The van der Waals surface area contributed by atoms with Crippen molar-refractivity contribution >= 4 is 17.6 Å². The topological polar surface area (TPSA) is 98.2 Å². The lowest BCUT2D eigenvalue weighted by Crippen LogP contribution is -2.50. The van der Waals surface area contributed by atoms with Crippen LogP contribution in [0.15, 0.2) is 36.5 Å². The number of urea groups is 1. The number of benzene rings is 1. The Hall–Kier alpha value is -3.68. The Morgan fingerprint density at radius 2 is 2.11 bits per heavy atom. The highest BCUT2D eigenvalue weighted by atomic mass is 19.1. The van der Waals surface area contributed by atoms with Crippen molar-refractivity contribution in [3.63, 3.8) is 0 Å². The Balaban J connectivity index is 1.87. The maximum atomic E-state index is 13.5. The summed E-state index contributed by atoms with van der Waals surface area (Å²) in [6.07, 6.45) is 1.04. The van der Waals surface area contributed by atoms with E-state index in [0.717, 1.165) is 0 Å². The Labute approximate surface area is 217 Å². The molecule has 0 aliphatic carbocycles. The average molecular weight is 512 g/mol. The summed E-state index contributed by atoms with van der Waals surface area (Å²) in [5.41, 5.74) is 1.17. The second kappa shape index (κ2) is 12.5. The molecule has 0 bridgehead atoms. The van der Waals surface area contributed by atoms with Crippen LogP contribution in [0.1, 0.15) is 29.8 Å². The smallest absolute Gasteiger partial charge is 0.321 e. The Morgan fingerprint density at radius 3 is 2.78 bits per heavy atom. The second-order valence-electron chi connectivity index (χ2n) is 9.56. The first-order chi connectivity index (χ1) is 17.6. The number of carbonyl (C=O) groups excluding carboxylic acids is 2. The van der Waals surface area contributed by atoms with Gasteiger partial charge in [0.1, 0.15) is 17.5 Å². The van der Waals surface area contributed by atoms with Crippen LogP contribution >= 0.6 is 0 Å². The third-order valence-electron chi connectivity index (χ3n) is 6.03.